The van der Waals surface area contributed by atoms with Gasteiger partial charge < -0.3 is 9.47 Å². The summed E-state index contributed by atoms with van der Waals surface area (Å²) in [6, 6.07) is 13.4. The molecule has 0 fully saturated rings. The van der Waals surface area contributed by atoms with Gasteiger partial charge in [-0.2, -0.15) is 0 Å². The summed E-state index contributed by atoms with van der Waals surface area (Å²) in [7, 11) is -2.03. The largest absolute Gasteiger partial charge is 0.494 e. The molecule has 1 N–H and O–H groups in total. The zero-order valence-corrected chi connectivity index (χ0v) is 13.4. The molecule has 0 aliphatic carbocycles. The number of methoxy groups -OCH3 is 1. The maximum atomic E-state index is 12.4. The summed E-state index contributed by atoms with van der Waals surface area (Å²) in [5.41, 5.74) is 1.40. The van der Waals surface area contributed by atoms with E-state index in [9.17, 15) is 8.42 Å². The normalized spacial score (nSPS) is 11.2. The lowest BCUT2D eigenvalue weighted by Gasteiger charge is -2.10. The van der Waals surface area contributed by atoms with Crippen molar-refractivity contribution in [3.8, 4) is 5.75 Å². The van der Waals surface area contributed by atoms with Gasteiger partial charge in [-0.15, -0.1) is 0 Å². The Kier molecular flexibility index (Phi) is 5.41. The average Bonchev–Trinajstić information content (AvgIpc) is 2.48. The average molecular weight is 321 g/mol. The SMILES string of the molecule is CCOc1ccc(S(=O)(=O)Nc2cccc(COC)c2)cc1. The van der Waals surface area contributed by atoms with Crippen LogP contribution in [0.1, 0.15) is 12.5 Å². The summed E-state index contributed by atoms with van der Waals surface area (Å²) in [4.78, 5) is 0.188. The first-order valence-electron chi connectivity index (χ1n) is 6.88. The highest BCUT2D eigenvalue weighted by Crippen LogP contribution is 2.20. The molecule has 0 aromatic heterocycles. The third-order valence-corrected chi connectivity index (χ3v) is 4.33. The second-order valence-corrected chi connectivity index (χ2v) is 6.33. The van der Waals surface area contributed by atoms with Crippen molar-refractivity contribution in [2.24, 2.45) is 0 Å². The van der Waals surface area contributed by atoms with Crippen molar-refractivity contribution in [2.45, 2.75) is 18.4 Å². The monoisotopic (exact) mass is 321 g/mol. The lowest BCUT2D eigenvalue weighted by Crippen LogP contribution is -2.13. The van der Waals surface area contributed by atoms with Gasteiger partial charge in [-0.1, -0.05) is 12.1 Å². The minimum absolute atomic E-state index is 0.188. The minimum Gasteiger partial charge on any atom is -0.494 e. The highest BCUT2D eigenvalue weighted by molar-refractivity contribution is 7.92. The second-order valence-electron chi connectivity index (χ2n) is 4.64. The molecular formula is C16H19NO4S. The van der Waals surface area contributed by atoms with Crippen LogP contribution in [0.5, 0.6) is 5.75 Å². The van der Waals surface area contributed by atoms with Gasteiger partial charge in [0.15, 0.2) is 0 Å². The molecule has 2 aromatic carbocycles. The lowest BCUT2D eigenvalue weighted by molar-refractivity contribution is 0.185. The highest BCUT2D eigenvalue weighted by Gasteiger charge is 2.14. The van der Waals surface area contributed by atoms with E-state index in [0.29, 0.717) is 24.7 Å². The smallest absolute Gasteiger partial charge is 0.261 e. The number of benzene rings is 2. The molecule has 22 heavy (non-hydrogen) atoms. The maximum absolute atomic E-state index is 12.4. The first kappa shape index (κ1) is 16.3. The van der Waals surface area contributed by atoms with E-state index >= 15 is 0 Å². The summed E-state index contributed by atoms with van der Waals surface area (Å²) < 4.78 is 37.6. The van der Waals surface area contributed by atoms with E-state index in [2.05, 4.69) is 4.72 Å². The quantitative estimate of drug-likeness (QED) is 0.851. The van der Waals surface area contributed by atoms with Gasteiger partial charge in [-0.3, -0.25) is 4.72 Å². The molecule has 2 rings (SSSR count). The highest BCUT2D eigenvalue weighted by atomic mass is 32.2. The van der Waals surface area contributed by atoms with Crippen LogP contribution in [0.3, 0.4) is 0 Å². The van der Waals surface area contributed by atoms with Gasteiger partial charge in [0.25, 0.3) is 10.0 Å². The Hall–Kier alpha value is -2.05. The van der Waals surface area contributed by atoms with Crippen LogP contribution in [0.2, 0.25) is 0 Å². The van der Waals surface area contributed by atoms with Crippen molar-refractivity contribution in [2.75, 3.05) is 18.4 Å². The number of anilines is 1. The predicted octanol–water partition coefficient (Wildman–Crippen LogP) is 3.03. The van der Waals surface area contributed by atoms with Crippen molar-refractivity contribution in [1.29, 1.82) is 0 Å². The summed E-state index contributed by atoms with van der Waals surface area (Å²) >= 11 is 0. The molecule has 0 saturated carbocycles. The Morgan fingerprint density at radius 2 is 1.82 bits per heavy atom. The van der Waals surface area contributed by atoms with E-state index < -0.39 is 10.0 Å². The molecule has 0 radical (unpaired) electrons. The van der Waals surface area contributed by atoms with Crippen LogP contribution in [0.4, 0.5) is 5.69 Å². The molecule has 118 valence electrons. The molecule has 2 aromatic rings. The van der Waals surface area contributed by atoms with E-state index in [-0.39, 0.29) is 4.90 Å². The van der Waals surface area contributed by atoms with Crippen molar-refractivity contribution in [3.63, 3.8) is 0 Å². The van der Waals surface area contributed by atoms with Gasteiger partial charge >= 0.3 is 0 Å². The van der Waals surface area contributed by atoms with Gasteiger partial charge in [0.2, 0.25) is 0 Å². The third-order valence-electron chi connectivity index (χ3n) is 2.94. The fourth-order valence-electron chi connectivity index (χ4n) is 1.99. The van der Waals surface area contributed by atoms with Crippen molar-refractivity contribution < 1.29 is 17.9 Å². The van der Waals surface area contributed by atoms with Crippen molar-refractivity contribution >= 4 is 15.7 Å². The first-order chi connectivity index (χ1) is 10.5. The summed E-state index contributed by atoms with van der Waals surface area (Å²) in [5.74, 6) is 0.642. The van der Waals surface area contributed by atoms with Crippen LogP contribution < -0.4 is 9.46 Å². The van der Waals surface area contributed by atoms with Crippen molar-refractivity contribution in [3.05, 3.63) is 54.1 Å². The first-order valence-corrected chi connectivity index (χ1v) is 8.37. The number of ether oxygens (including phenoxy) is 2. The van der Waals surface area contributed by atoms with Gasteiger partial charge in [0.05, 0.1) is 18.1 Å². The fraction of sp³-hybridized carbons (Fsp3) is 0.250. The van der Waals surface area contributed by atoms with Gasteiger partial charge in [-0.05, 0) is 48.9 Å². The summed E-state index contributed by atoms with van der Waals surface area (Å²) in [6.07, 6.45) is 0. The topological polar surface area (TPSA) is 64.6 Å². The van der Waals surface area contributed by atoms with Gasteiger partial charge in [-0.25, -0.2) is 8.42 Å². The molecule has 0 spiro atoms. The van der Waals surface area contributed by atoms with Crippen LogP contribution in [0.25, 0.3) is 0 Å². The van der Waals surface area contributed by atoms with E-state index in [4.69, 9.17) is 9.47 Å². The standard InChI is InChI=1S/C16H19NO4S/c1-3-21-15-7-9-16(10-8-15)22(18,19)17-14-6-4-5-13(11-14)12-20-2/h4-11,17H,3,12H2,1-2H3. The van der Waals surface area contributed by atoms with Crippen LogP contribution in [0.15, 0.2) is 53.4 Å². The molecular weight excluding hydrogens is 302 g/mol. The number of hydrogen-bond donors (Lipinski definition) is 1. The summed E-state index contributed by atoms with van der Waals surface area (Å²) in [5, 5.41) is 0. The number of sulfonamides is 1. The minimum atomic E-state index is -3.62. The van der Waals surface area contributed by atoms with Gasteiger partial charge in [0, 0.05) is 12.8 Å². The van der Waals surface area contributed by atoms with Crippen LogP contribution in [0, 0.1) is 0 Å². The predicted molar refractivity (Wildman–Crippen MR) is 85.6 cm³/mol. The molecule has 0 heterocycles. The zero-order valence-electron chi connectivity index (χ0n) is 12.6. The summed E-state index contributed by atoms with van der Waals surface area (Å²) in [6.45, 7) is 2.84. The Balaban J connectivity index is 2.18. The second kappa shape index (κ2) is 7.29. The van der Waals surface area contributed by atoms with E-state index in [1.807, 2.05) is 13.0 Å². The molecule has 0 atom stereocenters. The molecule has 5 nitrogen and oxygen atoms in total. The Morgan fingerprint density at radius 1 is 1.09 bits per heavy atom. The van der Waals surface area contributed by atoms with Crippen LogP contribution in [-0.4, -0.2) is 22.1 Å². The Labute approximate surface area is 130 Å². The molecule has 0 aliphatic rings. The van der Waals surface area contributed by atoms with E-state index in [1.165, 1.54) is 12.1 Å². The Morgan fingerprint density at radius 3 is 2.45 bits per heavy atom. The molecule has 0 bridgehead atoms. The lowest BCUT2D eigenvalue weighted by atomic mass is 10.2. The number of rotatable bonds is 7. The molecule has 0 unspecified atom stereocenters. The molecule has 0 aliphatic heterocycles. The van der Waals surface area contributed by atoms with E-state index in [1.54, 1.807) is 37.4 Å². The maximum Gasteiger partial charge on any atom is 0.261 e. The van der Waals surface area contributed by atoms with Crippen LogP contribution >= 0.6 is 0 Å². The zero-order chi connectivity index (χ0) is 16.0. The number of nitrogens with one attached hydrogen (secondary N) is 1. The van der Waals surface area contributed by atoms with Crippen molar-refractivity contribution in [1.82, 2.24) is 0 Å². The molecule has 6 heteroatoms. The molecule has 0 amide bonds. The Bertz CT molecular complexity index is 711. The number of hydrogen-bond acceptors (Lipinski definition) is 4. The molecule has 0 saturated heterocycles. The van der Waals surface area contributed by atoms with Crippen LogP contribution in [-0.2, 0) is 21.4 Å². The van der Waals surface area contributed by atoms with E-state index in [0.717, 1.165) is 5.56 Å². The fourth-order valence-corrected chi connectivity index (χ4v) is 3.04. The van der Waals surface area contributed by atoms with Gasteiger partial charge in [0.1, 0.15) is 5.75 Å². The third kappa shape index (κ3) is 4.22.